The molecular weight excluding hydrogens is 266 g/mol. The Kier molecular flexibility index (Phi) is 5.12. The lowest BCUT2D eigenvalue weighted by atomic mass is 10.2. The monoisotopic (exact) mass is 289 g/mol. The maximum absolute atomic E-state index is 6.10. The Bertz CT molecular complexity index is 559. The van der Waals surface area contributed by atoms with Crippen molar-refractivity contribution in [2.45, 2.75) is 50.3 Å². The highest BCUT2D eigenvalue weighted by atomic mass is 32.2. The number of benzene rings is 1. The van der Waals surface area contributed by atoms with Crippen molar-refractivity contribution in [3.63, 3.8) is 0 Å². The minimum absolute atomic E-state index is 0.512. The van der Waals surface area contributed by atoms with Gasteiger partial charge in [0.25, 0.3) is 0 Å². The summed E-state index contributed by atoms with van der Waals surface area (Å²) in [5.41, 5.74) is 9.23. The van der Waals surface area contributed by atoms with Crippen LogP contribution in [0.4, 0.5) is 5.69 Å². The molecule has 0 bridgehead atoms. The van der Waals surface area contributed by atoms with Gasteiger partial charge in [0.1, 0.15) is 0 Å². The molecule has 0 unspecified atom stereocenters. The number of hydrogen-bond acceptors (Lipinski definition) is 3. The summed E-state index contributed by atoms with van der Waals surface area (Å²) < 4.78 is 2.09. The van der Waals surface area contributed by atoms with Gasteiger partial charge < -0.3 is 5.73 Å². The van der Waals surface area contributed by atoms with E-state index in [0.717, 1.165) is 40.4 Å². The lowest BCUT2D eigenvalue weighted by Gasteiger charge is -2.12. The molecule has 1 aromatic carbocycles. The summed E-state index contributed by atoms with van der Waals surface area (Å²) in [5.74, 6) is 0.862. The molecule has 0 aliphatic carbocycles. The van der Waals surface area contributed by atoms with E-state index < -0.39 is 0 Å². The van der Waals surface area contributed by atoms with Gasteiger partial charge in [-0.3, -0.25) is 4.68 Å². The van der Waals surface area contributed by atoms with Gasteiger partial charge in [-0.05, 0) is 37.5 Å². The highest BCUT2D eigenvalue weighted by molar-refractivity contribution is 7.98. The predicted molar refractivity (Wildman–Crippen MR) is 87.0 cm³/mol. The molecule has 3 nitrogen and oxygen atoms in total. The molecule has 20 heavy (non-hydrogen) atoms. The van der Waals surface area contributed by atoms with Gasteiger partial charge in [-0.2, -0.15) is 5.10 Å². The zero-order valence-corrected chi connectivity index (χ0v) is 13.3. The number of aromatic nitrogens is 2. The second kappa shape index (κ2) is 6.84. The standard InChI is InChI=1S/C16H23N3S/c1-4-14(5-2)19-10-9-13(18-19)11-20-15-8-6-7-12(3)16(15)17/h6-10,14H,4-5,11,17H2,1-3H3. The van der Waals surface area contributed by atoms with Gasteiger partial charge in [-0.1, -0.05) is 26.0 Å². The van der Waals surface area contributed by atoms with Crippen molar-refractivity contribution in [1.82, 2.24) is 9.78 Å². The number of aryl methyl sites for hydroxylation is 1. The van der Waals surface area contributed by atoms with Gasteiger partial charge in [0.05, 0.1) is 11.7 Å². The van der Waals surface area contributed by atoms with E-state index in [0.29, 0.717) is 6.04 Å². The fourth-order valence-electron chi connectivity index (χ4n) is 2.25. The third-order valence-corrected chi connectivity index (χ3v) is 4.75. The first-order valence-electron chi connectivity index (χ1n) is 7.17. The van der Waals surface area contributed by atoms with Crippen LogP contribution >= 0.6 is 11.8 Å². The van der Waals surface area contributed by atoms with E-state index in [1.807, 2.05) is 13.0 Å². The van der Waals surface area contributed by atoms with Gasteiger partial charge in [-0.15, -0.1) is 11.8 Å². The van der Waals surface area contributed by atoms with Crippen molar-refractivity contribution < 1.29 is 0 Å². The average molecular weight is 289 g/mol. The molecule has 0 saturated carbocycles. The van der Waals surface area contributed by atoms with Crippen LogP contribution in [0.25, 0.3) is 0 Å². The minimum atomic E-state index is 0.512. The number of anilines is 1. The zero-order chi connectivity index (χ0) is 14.5. The molecule has 1 heterocycles. The van der Waals surface area contributed by atoms with Gasteiger partial charge in [-0.25, -0.2) is 0 Å². The van der Waals surface area contributed by atoms with Crippen LogP contribution in [0.5, 0.6) is 0 Å². The fourth-order valence-corrected chi connectivity index (χ4v) is 3.20. The SMILES string of the molecule is CCC(CC)n1ccc(CSc2cccc(C)c2N)n1. The van der Waals surface area contributed by atoms with Crippen LogP contribution < -0.4 is 5.73 Å². The smallest absolute Gasteiger partial charge is 0.0727 e. The van der Waals surface area contributed by atoms with Crippen LogP contribution in [0.2, 0.25) is 0 Å². The summed E-state index contributed by atoms with van der Waals surface area (Å²) in [4.78, 5) is 1.14. The molecule has 0 aliphatic rings. The van der Waals surface area contributed by atoms with E-state index in [1.165, 1.54) is 0 Å². The number of nitrogens with two attached hydrogens (primary N) is 1. The largest absolute Gasteiger partial charge is 0.398 e. The van der Waals surface area contributed by atoms with Crippen LogP contribution in [0.1, 0.15) is 44.0 Å². The Balaban J connectivity index is 2.03. The van der Waals surface area contributed by atoms with Gasteiger partial charge in [0.2, 0.25) is 0 Å². The Labute approximate surface area is 125 Å². The Morgan fingerprint density at radius 2 is 2.00 bits per heavy atom. The molecule has 1 aromatic heterocycles. The molecule has 2 N–H and O–H groups in total. The molecular formula is C16H23N3S. The number of hydrogen-bond donors (Lipinski definition) is 1. The summed E-state index contributed by atoms with van der Waals surface area (Å²) in [6.45, 7) is 6.46. The van der Waals surface area contributed by atoms with Crippen molar-refractivity contribution in [3.05, 3.63) is 41.7 Å². The lowest BCUT2D eigenvalue weighted by Crippen LogP contribution is -2.07. The number of nitrogens with zero attached hydrogens (tertiary/aromatic N) is 2. The van der Waals surface area contributed by atoms with Crippen molar-refractivity contribution in [1.29, 1.82) is 0 Å². The van der Waals surface area contributed by atoms with Gasteiger partial charge in [0, 0.05) is 22.5 Å². The molecule has 0 aliphatic heterocycles. The maximum atomic E-state index is 6.10. The molecule has 0 atom stereocenters. The van der Waals surface area contributed by atoms with Crippen molar-refractivity contribution in [3.8, 4) is 0 Å². The van der Waals surface area contributed by atoms with E-state index in [-0.39, 0.29) is 0 Å². The normalized spacial score (nSPS) is 11.2. The van der Waals surface area contributed by atoms with Gasteiger partial charge >= 0.3 is 0 Å². The molecule has 2 aromatic rings. The molecule has 2 rings (SSSR count). The second-order valence-corrected chi connectivity index (χ2v) is 6.05. The maximum Gasteiger partial charge on any atom is 0.0727 e. The van der Waals surface area contributed by atoms with E-state index in [2.05, 4.69) is 48.0 Å². The predicted octanol–water partition coefficient (Wildman–Crippen LogP) is 4.43. The first-order chi connectivity index (χ1) is 9.65. The van der Waals surface area contributed by atoms with E-state index in [4.69, 9.17) is 5.73 Å². The number of rotatable bonds is 6. The lowest BCUT2D eigenvalue weighted by molar-refractivity contribution is 0.426. The molecule has 0 fully saturated rings. The van der Waals surface area contributed by atoms with Gasteiger partial charge in [0.15, 0.2) is 0 Å². The summed E-state index contributed by atoms with van der Waals surface area (Å²) in [5, 5.41) is 4.67. The molecule has 0 saturated heterocycles. The third kappa shape index (κ3) is 3.37. The van der Waals surface area contributed by atoms with Crippen molar-refractivity contribution in [2.24, 2.45) is 0 Å². The minimum Gasteiger partial charge on any atom is -0.398 e. The molecule has 108 valence electrons. The highest BCUT2D eigenvalue weighted by Crippen LogP contribution is 2.29. The first-order valence-corrected chi connectivity index (χ1v) is 8.16. The van der Waals surface area contributed by atoms with Crippen molar-refractivity contribution in [2.75, 3.05) is 5.73 Å². The summed E-state index contributed by atoms with van der Waals surface area (Å²) in [6.07, 6.45) is 4.33. The molecule has 4 heteroatoms. The van der Waals surface area contributed by atoms with Crippen LogP contribution in [0.15, 0.2) is 35.4 Å². The molecule has 0 spiro atoms. The average Bonchev–Trinajstić information content (AvgIpc) is 2.91. The Morgan fingerprint density at radius 3 is 2.70 bits per heavy atom. The summed E-state index contributed by atoms with van der Waals surface area (Å²) in [6, 6.07) is 8.79. The molecule has 0 radical (unpaired) electrons. The number of para-hydroxylation sites is 1. The topological polar surface area (TPSA) is 43.8 Å². The second-order valence-electron chi connectivity index (χ2n) is 5.03. The Hall–Kier alpha value is -1.42. The quantitative estimate of drug-likeness (QED) is 0.632. The Morgan fingerprint density at radius 1 is 1.25 bits per heavy atom. The van der Waals surface area contributed by atoms with Crippen molar-refractivity contribution >= 4 is 17.4 Å². The summed E-state index contributed by atoms with van der Waals surface area (Å²) in [7, 11) is 0. The van der Waals surface area contributed by atoms with E-state index in [1.54, 1.807) is 11.8 Å². The summed E-state index contributed by atoms with van der Waals surface area (Å²) >= 11 is 1.75. The van der Waals surface area contributed by atoms with Crippen LogP contribution in [0.3, 0.4) is 0 Å². The highest BCUT2D eigenvalue weighted by Gasteiger charge is 2.09. The van der Waals surface area contributed by atoms with Crippen LogP contribution in [-0.4, -0.2) is 9.78 Å². The number of nitrogen functional groups attached to an aromatic ring is 1. The van der Waals surface area contributed by atoms with Crippen LogP contribution in [-0.2, 0) is 5.75 Å². The van der Waals surface area contributed by atoms with Crippen LogP contribution in [0, 0.1) is 6.92 Å². The zero-order valence-electron chi connectivity index (χ0n) is 12.5. The molecule has 0 amide bonds. The fraction of sp³-hybridized carbons (Fsp3) is 0.438. The van der Waals surface area contributed by atoms with E-state index >= 15 is 0 Å². The third-order valence-electron chi connectivity index (χ3n) is 3.64. The number of thioether (sulfide) groups is 1. The van der Waals surface area contributed by atoms with E-state index in [9.17, 15) is 0 Å². The first kappa shape index (κ1) is 15.0.